The van der Waals surface area contributed by atoms with Crippen molar-refractivity contribution in [3.8, 4) is 0 Å². The fourth-order valence-corrected chi connectivity index (χ4v) is 0.402. The molecule has 1 rings (SSSR count). The second kappa shape index (κ2) is 2.50. The van der Waals surface area contributed by atoms with Gasteiger partial charge < -0.3 is 0 Å². The molecule has 0 aromatic heterocycles. The predicted molar refractivity (Wildman–Crippen MR) is 35.6 cm³/mol. The molecule has 0 aliphatic carbocycles. The fourth-order valence-electron chi connectivity index (χ4n) is 0.0447. The Balaban J connectivity index is 0. The van der Waals surface area contributed by atoms with Crippen LogP contribution in [0.3, 0.4) is 0 Å². The molecule has 8 heavy (non-hydrogen) atoms. The summed E-state index contributed by atoms with van der Waals surface area (Å²) < 4.78 is 6.76. The minimum absolute atomic E-state index is 0. The van der Waals surface area contributed by atoms with Gasteiger partial charge in [0.05, 0.1) is 0 Å². The van der Waals surface area contributed by atoms with Crippen molar-refractivity contribution in [1.29, 1.82) is 0 Å². The molecule has 1 heterocycles. The Morgan fingerprint density at radius 1 is 0.875 bits per heavy atom. The number of hydrogen-bond acceptors (Lipinski definition) is 5. The zero-order valence-corrected chi connectivity index (χ0v) is 3.50. The summed E-state index contributed by atoms with van der Waals surface area (Å²) in [5.41, 5.74) is 0. The van der Waals surface area contributed by atoms with Gasteiger partial charge in [0.2, 0.25) is 0 Å². The van der Waals surface area contributed by atoms with Crippen LogP contribution in [0, 0.1) is 0 Å². The largest absolute Gasteiger partial charge is 0.187 e. The predicted octanol–water partition coefficient (Wildman–Crippen LogP) is -3.31. The van der Waals surface area contributed by atoms with E-state index in [2.05, 4.69) is 9.35 Å². The van der Waals surface area contributed by atoms with E-state index in [0.717, 1.165) is 0 Å². The van der Waals surface area contributed by atoms with E-state index in [1.54, 1.807) is 0 Å². The van der Waals surface area contributed by atoms with Crippen LogP contribution < -0.4 is 0 Å². The average molecular weight is 174 g/mol. The van der Waals surface area contributed by atoms with E-state index in [1.807, 2.05) is 0 Å². The van der Waals surface area contributed by atoms with Gasteiger partial charge in [-0.2, -0.15) is 0 Å². The van der Waals surface area contributed by atoms with Gasteiger partial charge in [0.15, 0.2) is 34.7 Å². The Kier molecular flexibility index (Phi) is 3.75. The molecule has 8 heteroatoms. The van der Waals surface area contributed by atoms with E-state index in [9.17, 15) is 0 Å². The molecule has 0 saturated carbocycles. The van der Waals surface area contributed by atoms with Crippen molar-refractivity contribution in [2.24, 2.45) is 0 Å². The van der Waals surface area contributed by atoms with Gasteiger partial charge in [-0.05, 0) is 0 Å². The third-order valence-electron chi connectivity index (χ3n) is 0.275. The molecule has 1 saturated heterocycles. The second-order valence-electron chi connectivity index (χ2n) is 0.982. The first kappa shape index (κ1) is 12.0. The number of hydrogen-bond donors (Lipinski definition) is 3. The molecule has 50 valence electrons. The molecular weight excluding hydrogens is 165 g/mol. The molecule has 0 unspecified atom stereocenters. The summed E-state index contributed by atoms with van der Waals surface area (Å²) in [6.07, 6.45) is 0. The molecule has 0 aromatic rings. The third kappa shape index (κ3) is 4.20. The summed E-state index contributed by atoms with van der Waals surface area (Å²) in [6, 6.07) is 0. The quantitative estimate of drug-likeness (QED) is 0.155. The van der Waals surface area contributed by atoms with Crippen molar-refractivity contribution in [2.75, 3.05) is 0 Å². The van der Waals surface area contributed by atoms with Gasteiger partial charge in [-0.25, -0.2) is 0 Å². The maximum absolute atomic E-state index is 7.89. The van der Waals surface area contributed by atoms with E-state index < -0.39 is 7.74 Å². The van der Waals surface area contributed by atoms with Gasteiger partial charge in [0.25, 0.3) is 0 Å². The summed E-state index contributed by atoms with van der Waals surface area (Å²) in [7, 11) is -4.80. The topological polar surface area (TPSA) is 85.8 Å². The van der Waals surface area contributed by atoms with Crippen molar-refractivity contribution in [3.63, 3.8) is 0 Å². The maximum atomic E-state index is 7.89. The summed E-state index contributed by atoms with van der Waals surface area (Å²) in [6.45, 7) is 0. The van der Waals surface area contributed by atoms with Crippen LogP contribution in [0.25, 0.3) is 0 Å². The molecule has 0 atom stereocenters. The van der Waals surface area contributed by atoms with Crippen molar-refractivity contribution >= 4 is 42.5 Å². The van der Waals surface area contributed by atoms with Gasteiger partial charge in [0.1, 0.15) is 0 Å². The molecule has 1 aliphatic heterocycles. The van der Waals surface area contributed by atoms with Crippen LogP contribution in [0.1, 0.15) is 0 Å². The monoisotopic (exact) mass is 174 g/mol. The summed E-state index contributed by atoms with van der Waals surface area (Å²) >= 11 is 0. The Morgan fingerprint density at radius 3 is 1.00 bits per heavy atom. The van der Waals surface area contributed by atoms with Gasteiger partial charge in [-0.1, -0.05) is 0 Å². The maximum Gasteiger partial charge on any atom is 0.187 e. The molecule has 0 radical (unpaired) electrons. The molecule has 5 nitrogen and oxygen atoms in total. The van der Waals surface area contributed by atoms with Crippen LogP contribution in [0.4, 0.5) is 0 Å². The molecule has 1 aliphatic rings. The zero-order valence-electron chi connectivity index (χ0n) is 2.61. The molecule has 0 amide bonds. The van der Waals surface area contributed by atoms with E-state index >= 15 is 0 Å². The Morgan fingerprint density at radius 2 is 1.00 bits per heavy atom. The molecule has 3 N–H and O–H groups in total. The second-order valence-corrected chi connectivity index (χ2v) is 2.95. The first-order valence-corrected chi connectivity index (χ1v) is 3.06. The smallest absolute Gasteiger partial charge is 0.187 e. The molecule has 0 aromatic carbocycles. The van der Waals surface area contributed by atoms with Crippen LogP contribution in [-0.4, -0.2) is 49.4 Å². The molecule has 1 fully saturated rings. The van der Waals surface area contributed by atoms with Gasteiger partial charge in [-0.3, -0.25) is 0 Å². The van der Waals surface area contributed by atoms with E-state index in [0.29, 0.717) is 0 Å². The summed E-state index contributed by atoms with van der Waals surface area (Å²) in [5, 5.41) is 0. The number of rotatable bonds is 0. The van der Waals surface area contributed by atoms with Crippen molar-refractivity contribution in [1.82, 2.24) is 0 Å². The molecule has 0 spiro atoms. The van der Waals surface area contributed by atoms with Crippen LogP contribution >= 0.6 is 7.74 Å². The standard InChI is InChI=1S/2Al.H3O5P.6H/c;;1-6(2,3)4-5-6;;;;;;/h;;1-3H;;;;;;. The van der Waals surface area contributed by atoms with Crippen LogP contribution in [0.15, 0.2) is 0 Å². The van der Waals surface area contributed by atoms with Crippen molar-refractivity contribution < 1.29 is 24.0 Å². The van der Waals surface area contributed by atoms with Gasteiger partial charge in [0, 0.05) is 0 Å². The average Bonchev–Trinajstić information content (AvgIpc) is 1.73. The third-order valence-corrected chi connectivity index (χ3v) is 0.824. The van der Waals surface area contributed by atoms with Crippen LogP contribution in [0.5, 0.6) is 0 Å². The van der Waals surface area contributed by atoms with E-state index in [4.69, 9.17) is 14.7 Å². The first-order chi connectivity index (χ1) is 2.47. The Labute approximate surface area is 66.8 Å². The first-order valence-electron chi connectivity index (χ1n) is 1.13. The van der Waals surface area contributed by atoms with E-state index in [-0.39, 0.29) is 34.7 Å². The molecule has 0 bridgehead atoms. The zero-order chi connectivity index (χ0) is 4.86. The minimum atomic E-state index is -4.80. The Hall–Kier alpha value is 1.29. The SMILES string of the molecule is OP1(O)(O)OO1.[AlH3].[AlH3]. The summed E-state index contributed by atoms with van der Waals surface area (Å²) in [5.74, 6) is 0. The minimum Gasteiger partial charge on any atom is 0.187 e. The molecular formula is H9Al2O5P. The van der Waals surface area contributed by atoms with Crippen LogP contribution in [0.2, 0.25) is 0 Å². The Bertz CT molecular complexity index is 74.2. The normalized spacial score (nSPS) is 32.1. The fraction of sp³-hybridized carbons (Fsp3) is 0. The summed E-state index contributed by atoms with van der Waals surface area (Å²) in [4.78, 5) is 23.7. The van der Waals surface area contributed by atoms with E-state index in [1.165, 1.54) is 0 Å². The van der Waals surface area contributed by atoms with Gasteiger partial charge >= 0.3 is 31.8 Å². The van der Waals surface area contributed by atoms with Crippen molar-refractivity contribution in [2.45, 2.75) is 0 Å². The van der Waals surface area contributed by atoms with Crippen LogP contribution in [-0.2, 0) is 9.35 Å². The van der Waals surface area contributed by atoms with Crippen molar-refractivity contribution in [3.05, 3.63) is 0 Å². The van der Waals surface area contributed by atoms with Gasteiger partial charge in [-0.15, -0.1) is 0 Å².